The lowest BCUT2D eigenvalue weighted by Gasteiger charge is -2.41. The van der Waals surface area contributed by atoms with Gasteiger partial charge in [-0.05, 0) is 37.5 Å². The number of hydrogen-bond acceptors (Lipinski definition) is 10. The van der Waals surface area contributed by atoms with E-state index in [1.807, 2.05) is 12.1 Å². The Morgan fingerprint density at radius 2 is 1.71 bits per heavy atom. The second kappa shape index (κ2) is 11.0. The molecule has 1 aromatic carbocycles. The third-order valence-electron chi connectivity index (χ3n) is 5.71. The highest BCUT2D eigenvalue weighted by molar-refractivity contribution is 5.25. The van der Waals surface area contributed by atoms with E-state index in [4.69, 9.17) is 18.9 Å². The van der Waals surface area contributed by atoms with Gasteiger partial charge in [-0.15, -0.1) is 0 Å². The van der Waals surface area contributed by atoms with Crippen molar-refractivity contribution in [2.45, 2.75) is 69.0 Å². The smallest absolute Gasteiger partial charge is 0.186 e. The van der Waals surface area contributed by atoms with Crippen LogP contribution in [0.4, 0.5) is 0 Å². The van der Waals surface area contributed by atoms with Crippen LogP contribution in [-0.2, 0) is 25.4 Å². The molecule has 0 saturated carbocycles. The number of hydrogen-bond donors (Lipinski definition) is 6. The molecule has 6 N–H and O–H groups in total. The van der Waals surface area contributed by atoms with Crippen LogP contribution in [0.5, 0.6) is 5.75 Å². The lowest BCUT2D eigenvalue weighted by molar-refractivity contribution is -0.317. The van der Waals surface area contributed by atoms with Crippen molar-refractivity contribution < 1.29 is 49.6 Å². The van der Waals surface area contributed by atoms with Crippen LogP contribution >= 0.6 is 0 Å². The molecule has 2 aliphatic heterocycles. The fourth-order valence-corrected chi connectivity index (χ4v) is 3.63. The maximum atomic E-state index is 10.3. The van der Waals surface area contributed by atoms with Gasteiger partial charge in [0, 0.05) is 5.92 Å². The van der Waals surface area contributed by atoms with Crippen molar-refractivity contribution in [2.24, 2.45) is 5.92 Å². The lowest BCUT2D eigenvalue weighted by atomic mass is 9.99. The molecule has 176 valence electrons. The summed E-state index contributed by atoms with van der Waals surface area (Å²) in [5.41, 5.74) is 1.01. The Balaban J connectivity index is 1.50. The Kier molecular flexibility index (Phi) is 8.62. The molecule has 2 fully saturated rings. The fourth-order valence-electron chi connectivity index (χ4n) is 3.63. The van der Waals surface area contributed by atoms with E-state index in [1.54, 1.807) is 19.1 Å². The second-order valence-electron chi connectivity index (χ2n) is 8.13. The predicted octanol–water partition coefficient (Wildman–Crippen LogP) is -1.12. The lowest BCUT2D eigenvalue weighted by Crippen LogP contribution is -2.60. The summed E-state index contributed by atoms with van der Waals surface area (Å²) in [4.78, 5) is 0. The third kappa shape index (κ3) is 6.13. The van der Waals surface area contributed by atoms with Gasteiger partial charge in [-0.2, -0.15) is 0 Å². The number of phenols is 1. The molecule has 3 rings (SSSR count). The first kappa shape index (κ1) is 24.3. The molecule has 0 aromatic heterocycles. The average Bonchev–Trinajstić information content (AvgIpc) is 3.12. The summed E-state index contributed by atoms with van der Waals surface area (Å²) in [5, 5.41) is 59.3. The zero-order valence-corrected chi connectivity index (χ0v) is 17.4. The van der Waals surface area contributed by atoms with E-state index >= 15 is 0 Å². The highest BCUT2D eigenvalue weighted by atomic mass is 16.7. The highest BCUT2D eigenvalue weighted by Crippen LogP contribution is 2.26. The Morgan fingerprint density at radius 3 is 2.35 bits per heavy atom. The van der Waals surface area contributed by atoms with E-state index in [2.05, 4.69) is 0 Å². The zero-order valence-electron chi connectivity index (χ0n) is 17.4. The number of phenolic OH excluding ortho intramolecular Hbond substituents is 1. The average molecular weight is 444 g/mol. The maximum absolute atomic E-state index is 10.3. The number of ether oxygens (including phenoxy) is 4. The topological polar surface area (TPSA) is 158 Å². The summed E-state index contributed by atoms with van der Waals surface area (Å²) in [6, 6.07) is 6.82. The molecule has 9 atom stereocenters. The van der Waals surface area contributed by atoms with Gasteiger partial charge in [-0.1, -0.05) is 12.1 Å². The normalized spacial score (nSPS) is 37.1. The first-order valence-electron chi connectivity index (χ1n) is 10.4. The number of aromatic hydroxyl groups is 1. The van der Waals surface area contributed by atoms with Gasteiger partial charge >= 0.3 is 0 Å². The van der Waals surface area contributed by atoms with Crippen LogP contribution in [0.1, 0.15) is 18.9 Å². The van der Waals surface area contributed by atoms with Gasteiger partial charge in [0.1, 0.15) is 36.3 Å². The van der Waals surface area contributed by atoms with E-state index in [1.165, 1.54) is 0 Å². The summed E-state index contributed by atoms with van der Waals surface area (Å²) in [6.45, 7) is 1.48. The molecule has 0 bridgehead atoms. The number of aliphatic hydroxyl groups excluding tert-OH is 5. The molecule has 0 unspecified atom stereocenters. The molecule has 0 amide bonds. The van der Waals surface area contributed by atoms with Gasteiger partial charge in [-0.25, -0.2) is 0 Å². The number of aliphatic hydroxyl groups is 5. The van der Waals surface area contributed by atoms with Crippen LogP contribution in [0, 0.1) is 5.92 Å². The molecule has 0 spiro atoms. The first-order valence-corrected chi connectivity index (χ1v) is 10.4. The van der Waals surface area contributed by atoms with Crippen molar-refractivity contribution >= 4 is 0 Å². The monoisotopic (exact) mass is 444 g/mol. The van der Waals surface area contributed by atoms with Crippen LogP contribution in [0.25, 0.3) is 0 Å². The number of rotatable bonds is 9. The summed E-state index contributed by atoms with van der Waals surface area (Å²) in [5.74, 6) is -0.268. The molecule has 0 radical (unpaired) electrons. The van der Waals surface area contributed by atoms with Crippen LogP contribution in [0.15, 0.2) is 24.3 Å². The molecule has 2 aliphatic rings. The van der Waals surface area contributed by atoms with E-state index in [0.717, 1.165) is 5.56 Å². The maximum Gasteiger partial charge on any atom is 0.186 e. The van der Waals surface area contributed by atoms with Gasteiger partial charge < -0.3 is 49.6 Å². The van der Waals surface area contributed by atoms with Crippen LogP contribution in [-0.4, -0.2) is 99.7 Å². The van der Waals surface area contributed by atoms with Crippen LogP contribution < -0.4 is 0 Å². The standard InChI is InChI=1S/C21H32O10/c1-11(2-3-12-4-6-14(23)7-5-12)30-21-19(27)18(26)17(25)15(31-21)10-29-20-16(24)13(8-22)9-28-20/h4-7,11,13,15-27H,2-3,8-10H2,1H3/t11-,13-,15-,16+,17-,18+,19-,20-,21-/m1/s1. The SMILES string of the molecule is C[C@H](CCc1ccc(O)cc1)O[C@@H]1O[C@H](CO[C@H]2OC[C@@H](CO)[C@@H]2O)[C@@H](O)[C@H](O)[C@H]1O. The van der Waals surface area contributed by atoms with E-state index in [0.29, 0.717) is 12.8 Å². The summed E-state index contributed by atoms with van der Waals surface area (Å²) in [6.07, 6.45) is -7.64. The Morgan fingerprint density at radius 1 is 1.00 bits per heavy atom. The van der Waals surface area contributed by atoms with Crippen LogP contribution in [0.2, 0.25) is 0 Å². The van der Waals surface area contributed by atoms with Crippen molar-refractivity contribution in [2.75, 3.05) is 19.8 Å². The quantitative estimate of drug-likeness (QED) is 0.276. The van der Waals surface area contributed by atoms with Crippen molar-refractivity contribution in [1.29, 1.82) is 0 Å². The minimum atomic E-state index is -1.50. The van der Waals surface area contributed by atoms with Gasteiger partial charge in [-0.3, -0.25) is 0 Å². The van der Waals surface area contributed by atoms with Crippen LogP contribution in [0.3, 0.4) is 0 Å². The third-order valence-corrected chi connectivity index (χ3v) is 5.71. The zero-order chi connectivity index (χ0) is 22.5. The second-order valence-corrected chi connectivity index (χ2v) is 8.13. The molecule has 0 aliphatic carbocycles. The summed E-state index contributed by atoms with van der Waals surface area (Å²) < 4.78 is 22.2. The van der Waals surface area contributed by atoms with Gasteiger partial charge in [0.2, 0.25) is 0 Å². The van der Waals surface area contributed by atoms with Gasteiger partial charge in [0.15, 0.2) is 12.6 Å². The summed E-state index contributed by atoms with van der Waals surface area (Å²) >= 11 is 0. The minimum absolute atomic E-state index is 0.141. The molecule has 2 saturated heterocycles. The molecule has 10 heteroatoms. The van der Waals surface area contributed by atoms with Crippen molar-refractivity contribution in [1.82, 2.24) is 0 Å². The predicted molar refractivity (Wildman–Crippen MR) is 106 cm³/mol. The fraction of sp³-hybridized carbons (Fsp3) is 0.714. The molecular formula is C21H32O10. The molecule has 1 aromatic rings. The van der Waals surface area contributed by atoms with Crippen molar-refractivity contribution in [3.63, 3.8) is 0 Å². The molecule has 31 heavy (non-hydrogen) atoms. The highest BCUT2D eigenvalue weighted by Gasteiger charge is 2.46. The molecular weight excluding hydrogens is 412 g/mol. The van der Waals surface area contributed by atoms with E-state index in [-0.39, 0.29) is 31.7 Å². The van der Waals surface area contributed by atoms with Crippen molar-refractivity contribution in [3.8, 4) is 5.75 Å². The number of aryl methyl sites for hydroxylation is 1. The Labute approximate surface area is 180 Å². The summed E-state index contributed by atoms with van der Waals surface area (Å²) in [7, 11) is 0. The van der Waals surface area contributed by atoms with E-state index in [9.17, 15) is 30.6 Å². The van der Waals surface area contributed by atoms with Gasteiger partial charge in [0.25, 0.3) is 0 Å². The number of benzene rings is 1. The molecule has 10 nitrogen and oxygen atoms in total. The minimum Gasteiger partial charge on any atom is -0.508 e. The first-order chi connectivity index (χ1) is 14.8. The molecule has 2 heterocycles. The van der Waals surface area contributed by atoms with Gasteiger partial charge in [0.05, 0.1) is 25.9 Å². The largest absolute Gasteiger partial charge is 0.508 e. The Hall–Kier alpha value is -1.34. The Bertz CT molecular complexity index is 671. The van der Waals surface area contributed by atoms with Crippen molar-refractivity contribution in [3.05, 3.63) is 29.8 Å². The van der Waals surface area contributed by atoms with E-state index < -0.39 is 49.0 Å².